The first-order valence-corrected chi connectivity index (χ1v) is 9.28. The minimum atomic E-state index is -0.0972. The summed E-state index contributed by atoms with van der Waals surface area (Å²) in [5, 5.41) is 1.16. The van der Waals surface area contributed by atoms with Gasteiger partial charge in [0, 0.05) is 28.2 Å². The second-order valence-electron chi connectivity index (χ2n) is 7.08. The first-order valence-electron chi connectivity index (χ1n) is 9.28. The van der Waals surface area contributed by atoms with Crippen molar-refractivity contribution < 1.29 is 4.79 Å². The quantitative estimate of drug-likeness (QED) is 0.521. The summed E-state index contributed by atoms with van der Waals surface area (Å²) >= 11 is 0. The molecule has 2 atom stereocenters. The average molecular weight is 352 g/mol. The molecule has 4 aromatic rings. The van der Waals surface area contributed by atoms with Crippen molar-refractivity contribution in [2.75, 3.05) is 0 Å². The molecule has 1 aromatic heterocycles. The van der Waals surface area contributed by atoms with E-state index in [0.717, 1.165) is 33.2 Å². The number of hydrogen-bond donors (Lipinski definition) is 1. The largest absolute Gasteiger partial charge is 0.361 e. The van der Waals surface area contributed by atoms with Gasteiger partial charge in [0.05, 0.1) is 12.1 Å². The van der Waals surface area contributed by atoms with Crippen molar-refractivity contribution in [2.24, 2.45) is 0 Å². The van der Waals surface area contributed by atoms with Gasteiger partial charge in [0.1, 0.15) is 0 Å². The van der Waals surface area contributed by atoms with Gasteiger partial charge in [0.2, 0.25) is 0 Å². The van der Waals surface area contributed by atoms with Gasteiger partial charge in [-0.1, -0.05) is 66.7 Å². The molecule has 1 aliphatic heterocycles. The maximum atomic E-state index is 13.4. The van der Waals surface area contributed by atoms with Crippen molar-refractivity contribution in [3.8, 4) is 0 Å². The highest BCUT2D eigenvalue weighted by Gasteiger charge is 2.41. The van der Waals surface area contributed by atoms with Crippen LogP contribution in [-0.2, 0) is 0 Å². The van der Waals surface area contributed by atoms with E-state index >= 15 is 0 Å². The number of para-hydroxylation sites is 1. The molecule has 0 radical (unpaired) electrons. The molecule has 0 saturated carbocycles. The molecule has 1 N–H and O–H groups in total. The zero-order chi connectivity index (χ0) is 18.4. The first-order chi connectivity index (χ1) is 13.3. The van der Waals surface area contributed by atoms with E-state index < -0.39 is 0 Å². The number of hydrogen-bond acceptors (Lipinski definition) is 1. The Kier molecular flexibility index (Phi) is 3.61. The number of aromatic amines is 1. The summed E-state index contributed by atoms with van der Waals surface area (Å²) in [6.07, 6.45) is 2.05. The molecular formula is C24H20N2O. The van der Waals surface area contributed by atoms with Gasteiger partial charge >= 0.3 is 0 Å². The fourth-order valence-corrected chi connectivity index (χ4v) is 4.27. The predicted molar refractivity (Wildman–Crippen MR) is 108 cm³/mol. The van der Waals surface area contributed by atoms with Crippen molar-refractivity contribution in [3.63, 3.8) is 0 Å². The summed E-state index contributed by atoms with van der Waals surface area (Å²) in [5.74, 6) is 0.0947. The Hall–Kier alpha value is -3.33. The minimum absolute atomic E-state index is 0.0234. The van der Waals surface area contributed by atoms with Crippen LogP contribution in [0.5, 0.6) is 0 Å². The third kappa shape index (κ3) is 2.39. The third-order valence-electron chi connectivity index (χ3n) is 5.61. The van der Waals surface area contributed by atoms with Crippen molar-refractivity contribution in [1.82, 2.24) is 9.88 Å². The van der Waals surface area contributed by atoms with Crippen LogP contribution in [0.25, 0.3) is 10.9 Å². The fourth-order valence-electron chi connectivity index (χ4n) is 4.27. The monoisotopic (exact) mass is 352 g/mol. The Bertz CT molecular complexity index is 1130. The van der Waals surface area contributed by atoms with Crippen molar-refractivity contribution in [1.29, 1.82) is 0 Å². The Balaban J connectivity index is 1.71. The predicted octanol–water partition coefficient (Wildman–Crippen LogP) is 5.47. The zero-order valence-electron chi connectivity index (χ0n) is 15.1. The zero-order valence-corrected chi connectivity index (χ0v) is 15.1. The van der Waals surface area contributed by atoms with Crippen LogP contribution >= 0.6 is 0 Å². The number of nitrogens with one attached hydrogen (secondary N) is 1. The topological polar surface area (TPSA) is 36.1 Å². The molecule has 3 nitrogen and oxygen atoms in total. The number of aromatic nitrogens is 1. The standard InChI is InChI=1S/C24H20N2O/c1-16(17-9-3-2-4-10-17)26-23(19-12-5-6-13-20(19)24(26)27)21-15-25-22-14-8-7-11-18(21)22/h2-16,23,25H,1H3. The molecule has 0 spiro atoms. The van der Waals surface area contributed by atoms with Crippen LogP contribution in [0.1, 0.15) is 46.1 Å². The minimum Gasteiger partial charge on any atom is -0.361 e. The van der Waals surface area contributed by atoms with Crippen molar-refractivity contribution >= 4 is 16.8 Å². The van der Waals surface area contributed by atoms with E-state index in [1.54, 1.807) is 0 Å². The molecule has 0 aliphatic carbocycles. The van der Waals surface area contributed by atoms with Gasteiger partial charge < -0.3 is 9.88 Å². The van der Waals surface area contributed by atoms with Gasteiger partial charge in [-0.3, -0.25) is 4.79 Å². The molecule has 0 fully saturated rings. The van der Waals surface area contributed by atoms with E-state index in [1.165, 1.54) is 0 Å². The summed E-state index contributed by atoms with van der Waals surface area (Å²) in [4.78, 5) is 18.8. The lowest BCUT2D eigenvalue weighted by Crippen LogP contribution is -2.31. The SMILES string of the molecule is CC(c1ccccc1)N1C(=O)c2ccccc2C1c1c[nH]c2ccccc12. The molecule has 27 heavy (non-hydrogen) atoms. The number of rotatable bonds is 3. The van der Waals surface area contributed by atoms with Gasteiger partial charge in [-0.25, -0.2) is 0 Å². The number of nitrogens with zero attached hydrogens (tertiary/aromatic N) is 1. The van der Waals surface area contributed by atoms with E-state index in [4.69, 9.17) is 0 Å². The summed E-state index contributed by atoms with van der Waals surface area (Å²) in [7, 11) is 0. The normalized spacial score (nSPS) is 17.3. The lowest BCUT2D eigenvalue weighted by molar-refractivity contribution is 0.0677. The number of H-pyrrole nitrogens is 1. The molecule has 2 heterocycles. The van der Waals surface area contributed by atoms with E-state index in [-0.39, 0.29) is 18.0 Å². The molecule has 2 unspecified atom stereocenters. The molecule has 3 aromatic carbocycles. The number of fused-ring (bicyclic) bond motifs is 2. The van der Waals surface area contributed by atoms with Gasteiger partial charge in [0.15, 0.2) is 0 Å². The van der Waals surface area contributed by atoms with E-state index in [9.17, 15) is 4.79 Å². The maximum Gasteiger partial charge on any atom is 0.255 e. The molecule has 3 heteroatoms. The van der Waals surface area contributed by atoms with Gasteiger partial charge in [-0.05, 0) is 30.2 Å². The summed E-state index contributed by atoms with van der Waals surface area (Å²) in [6.45, 7) is 2.11. The third-order valence-corrected chi connectivity index (χ3v) is 5.61. The van der Waals surface area contributed by atoms with Crippen LogP contribution < -0.4 is 0 Å². The van der Waals surface area contributed by atoms with E-state index in [2.05, 4.69) is 48.4 Å². The number of benzene rings is 3. The lowest BCUT2D eigenvalue weighted by atomic mass is 9.96. The van der Waals surface area contributed by atoms with E-state index in [0.29, 0.717) is 0 Å². The van der Waals surface area contributed by atoms with Crippen LogP contribution in [0.2, 0.25) is 0 Å². The van der Waals surface area contributed by atoms with Crippen molar-refractivity contribution in [2.45, 2.75) is 19.0 Å². The van der Waals surface area contributed by atoms with Crippen LogP contribution in [-0.4, -0.2) is 15.8 Å². The molecule has 0 bridgehead atoms. The molecule has 132 valence electrons. The summed E-state index contributed by atoms with van der Waals surface area (Å²) < 4.78 is 0. The highest BCUT2D eigenvalue weighted by atomic mass is 16.2. The van der Waals surface area contributed by atoms with Crippen LogP contribution in [0.15, 0.2) is 85.1 Å². The molecule has 1 aliphatic rings. The molecule has 0 saturated heterocycles. The number of carbonyl (C=O) groups is 1. The highest BCUT2D eigenvalue weighted by molar-refractivity contribution is 6.01. The summed E-state index contributed by atoms with van der Waals surface area (Å²) in [5.41, 5.74) is 5.26. The number of carbonyl (C=O) groups excluding carboxylic acids is 1. The Morgan fingerprint density at radius 3 is 2.41 bits per heavy atom. The van der Waals surface area contributed by atoms with Crippen molar-refractivity contribution in [3.05, 3.63) is 107 Å². The first kappa shape index (κ1) is 15.9. The smallest absolute Gasteiger partial charge is 0.255 e. The van der Waals surface area contributed by atoms with Gasteiger partial charge in [0.25, 0.3) is 5.91 Å². The lowest BCUT2D eigenvalue weighted by Gasteiger charge is -2.31. The maximum absolute atomic E-state index is 13.4. The Morgan fingerprint density at radius 1 is 0.852 bits per heavy atom. The Morgan fingerprint density at radius 2 is 1.56 bits per heavy atom. The van der Waals surface area contributed by atoms with Crippen LogP contribution in [0.4, 0.5) is 0 Å². The van der Waals surface area contributed by atoms with Gasteiger partial charge in [-0.2, -0.15) is 0 Å². The molecule has 5 rings (SSSR count). The summed E-state index contributed by atoms with van der Waals surface area (Å²) in [6, 6.07) is 26.4. The number of amides is 1. The Labute approximate surface area is 158 Å². The average Bonchev–Trinajstić information content (AvgIpc) is 3.27. The molecule has 1 amide bonds. The second kappa shape index (κ2) is 6.13. The van der Waals surface area contributed by atoms with Gasteiger partial charge in [-0.15, -0.1) is 0 Å². The molecular weight excluding hydrogens is 332 g/mol. The van der Waals surface area contributed by atoms with E-state index in [1.807, 2.05) is 53.4 Å². The fraction of sp³-hybridized carbons (Fsp3) is 0.125. The van der Waals surface area contributed by atoms with Crippen LogP contribution in [0, 0.1) is 0 Å². The highest BCUT2D eigenvalue weighted by Crippen LogP contribution is 2.45. The van der Waals surface area contributed by atoms with Crippen LogP contribution in [0.3, 0.4) is 0 Å². The second-order valence-corrected chi connectivity index (χ2v) is 7.08.